The highest BCUT2D eigenvalue weighted by Gasteiger charge is 2.41. The second-order valence-electron chi connectivity index (χ2n) is 6.00. The third kappa shape index (κ3) is 3.13. The van der Waals surface area contributed by atoms with Gasteiger partial charge in [-0.1, -0.05) is 42.5 Å². The molecule has 1 aliphatic rings. The van der Waals surface area contributed by atoms with Crippen LogP contribution in [0.15, 0.2) is 30.3 Å². The number of benzene rings is 2. The third-order valence-electron chi connectivity index (χ3n) is 4.52. The Kier molecular flexibility index (Phi) is 5.13. The van der Waals surface area contributed by atoms with E-state index >= 15 is 0 Å². The number of rotatable bonds is 4. The highest BCUT2D eigenvalue weighted by Crippen LogP contribution is 2.40. The molecule has 0 unspecified atom stereocenters. The molecule has 0 N–H and O–H groups in total. The third-order valence-corrected chi connectivity index (χ3v) is 4.82. The molecule has 2 aromatic carbocycles. The van der Waals surface area contributed by atoms with Crippen molar-refractivity contribution in [3.63, 3.8) is 0 Å². The molecule has 3 rings (SSSR count). The van der Waals surface area contributed by atoms with Crippen molar-refractivity contribution >= 4 is 17.7 Å². The lowest BCUT2D eigenvalue weighted by atomic mass is 9.84. The van der Waals surface area contributed by atoms with Crippen LogP contribution in [0, 0.1) is 29.1 Å². The van der Waals surface area contributed by atoms with Crippen LogP contribution in [0.1, 0.15) is 18.4 Å². The van der Waals surface area contributed by atoms with Crippen LogP contribution in [0.4, 0.5) is 22.0 Å². The molecule has 0 radical (unpaired) electrons. The second-order valence-corrected chi connectivity index (χ2v) is 6.21. The maximum Gasteiger partial charge on any atom is 0.207 e. The minimum atomic E-state index is -2.21. The maximum absolute atomic E-state index is 14.1. The van der Waals surface area contributed by atoms with Gasteiger partial charge in [0.25, 0.3) is 0 Å². The Morgan fingerprint density at radius 2 is 1.35 bits per heavy atom. The number of hydrogen-bond donors (Lipinski definition) is 0. The molecule has 0 atom stereocenters. The standard InChI is InChI=1S/C18H14F5NOS/c19-12-13(20)15(22)17(16(23)14(12)21)25-18(11-4-2-1-3-5-11)6-8-24(10-26)9-7-18/h1-5,10H,6-9H2. The van der Waals surface area contributed by atoms with Gasteiger partial charge in [0.2, 0.25) is 29.1 Å². The topological polar surface area (TPSA) is 12.5 Å². The lowest BCUT2D eigenvalue weighted by Gasteiger charge is -2.41. The zero-order valence-corrected chi connectivity index (χ0v) is 14.3. The lowest BCUT2D eigenvalue weighted by Crippen LogP contribution is -2.45. The largest absolute Gasteiger partial charge is 0.476 e. The molecule has 2 aromatic rings. The number of piperidine rings is 1. The molecule has 0 amide bonds. The van der Waals surface area contributed by atoms with Crippen LogP contribution in [0.25, 0.3) is 0 Å². The van der Waals surface area contributed by atoms with Crippen LogP contribution < -0.4 is 4.74 Å². The molecule has 138 valence electrons. The van der Waals surface area contributed by atoms with E-state index in [0.29, 0.717) is 18.7 Å². The molecule has 1 heterocycles. The molecule has 0 bridgehead atoms. The molecular formula is C18H14F5NOS. The van der Waals surface area contributed by atoms with E-state index in [-0.39, 0.29) is 12.8 Å². The summed E-state index contributed by atoms with van der Waals surface area (Å²) >= 11 is 4.88. The fraction of sp³-hybridized carbons (Fsp3) is 0.278. The average molecular weight is 387 g/mol. The molecule has 8 heteroatoms. The number of hydrogen-bond acceptors (Lipinski definition) is 2. The molecule has 0 aromatic heterocycles. The van der Waals surface area contributed by atoms with Gasteiger partial charge in [-0.3, -0.25) is 0 Å². The summed E-state index contributed by atoms with van der Waals surface area (Å²) in [6.45, 7) is 0.849. The molecule has 1 saturated heterocycles. The van der Waals surface area contributed by atoms with Crippen molar-refractivity contribution < 1.29 is 26.7 Å². The summed E-state index contributed by atoms with van der Waals surface area (Å²) in [5.41, 5.74) is 0.829. The number of nitrogens with zero attached hydrogens (tertiary/aromatic N) is 1. The van der Waals surface area contributed by atoms with Crippen LogP contribution in [-0.2, 0) is 5.60 Å². The SMILES string of the molecule is Fc1c(F)c(F)c(OC2(c3ccccc3)CCN(C=S)CC2)c(F)c1F. The normalized spacial score (nSPS) is 16.4. The summed E-state index contributed by atoms with van der Waals surface area (Å²) in [5, 5.41) is 0. The summed E-state index contributed by atoms with van der Waals surface area (Å²) in [6.07, 6.45) is 0.535. The maximum atomic E-state index is 14.1. The van der Waals surface area contributed by atoms with E-state index in [1.165, 1.54) is 5.49 Å². The molecule has 0 aliphatic carbocycles. The Morgan fingerprint density at radius 3 is 1.85 bits per heavy atom. The highest BCUT2D eigenvalue weighted by molar-refractivity contribution is 7.78. The molecule has 1 aliphatic heterocycles. The monoisotopic (exact) mass is 387 g/mol. The van der Waals surface area contributed by atoms with Gasteiger partial charge in [-0.2, -0.15) is 8.78 Å². The number of thiocarbonyl (C=S) groups is 1. The first-order chi connectivity index (χ1) is 12.4. The fourth-order valence-corrected chi connectivity index (χ4v) is 3.26. The quantitative estimate of drug-likeness (QED) is 0.326. The summed E-state index contributed by atoms with van der Waals surface area (Å²) < 4.78 is 74.1. The van der Waals surface area contributed by atoms with Gasteiger partial charge in [-0.05, 0) is 5.56 Å². The molecular weight excluding hydrogens is 373 g/mol. The minimum absolute atomic E-state index is 0.268. The van der Waals surface area contributed by atoms with E-state index < -0.39 is 40.4 Å². The van der Waals surface area contributed by atoms with E-state index in [4.69, 9.17) is 17.0 Å². The van der Waals surface area contributed by atoms with Gasteiger partial charge < -0.3 is 9.64 Å². The van der Waals surface area contributed by atoms with Crippen molar-refractivity contribution in [2.45, 2.75) is 18.4 Å². The highest BCUT2D eigenvalue weighted by atomic mass is 32.1. The summed E-state index contributed by atoms with van der Waals surface area (Å²) in [5.74, 6) is -11.5. The molecule has 0 spiro atoms. The molecule has 0 saturated carbocycles. The van der Waals surface area contributed by atoms with Crippen LogP contribution in [0.3, 0.4) is 0 Å². The number of likely N-dealkylation sites (tertiary alicyclic amines) is 1. The molecule has 26 heavy (non-hydrogen) atoms. The lowest BCUT2D eigenvalue weighted by molar-refractivity contribution is 0.00601. The van der Waals surface area contributed by atoms with E-state index in [1.807, 2.05) is 4.90 Å². The van der Waals surface area contributed by atoms with Gasteiger partial charge >= 0.3 is 0 Å². The Morgan fingerprint density at radius 1 is 0.846 bits per heavy atom. The van der Waals surface area contributed by atoms with Gasteiger partial charge in [0.15, 0.2) is 5.75 Å². The van der Waals surface area contributed by atoms with Gasteiger partial charge in [-0.25, -0.2) is 13.2 Å². The van der Waals surface area contributed by atoms with Gasteiger partial charge in [0.05, 0.1) is 5.49 Å². The van der Waals surface area contributed by atoms with Crippen molar-refractivity contribution in [1.82, 2.24) is 4.90 Å². The van der Waals surface area contributed by atoms with E-state index in [1.54, 1.807) is 30.3 Å². The minimum Gasteiger partial charge on any atom is -0.476 e. The van der Waals surface area contributed by atoms with E-state index in [9.17, 15) is 22.0 Å². The van der Waals surface area contributed by atoms with Crippen LogP contribution in [0.2, 0.25) is 0 Å². The van der Waals surface area contributed by atoms with Crippen molar-refractivity contribution in [3.05, 3.63) is 65.0 Å². The molecule has 2 nitrogen and oxygen atoms in total. The average Bonchev–Trinajstić information content (AvgIpc) is 2.69. The van der Waals surface area contributed by atoms with Gasteiger partial charge in [0, 0.05) is 25.9 Å². The number of ether oxygens (including phenoxy) is 1. The van der Waals surface area contributed by atoms with Gasteiger partial charge in [-0.15, -0.1) is 0 Å². The van der Waals surface area contributed by atoms with Crippen molar-refractivity contribution in [2.75, 3.05) is 13.1 Å². The summed E-state index contributed by atoms with van der Waals surface area (Å²) in [6, 6.07) is 8.56. The van der Waals surface area contributed by atoms with E-state index in [0.717, 1.165) is 0 Å². The van der Waals surface area contributed by atoms with Crippen LogP contribution in [-0.4, -0.2) is 23.5 Å². The Hall–Kier alpha value is -2.22. The predicted molar refractivity (Wildman–Crippen MR) is 89.4 cm³/mol. The zero-order chi connectivity index (χ0) is 18.9. The Labute approximate surface area is 152 Å². The van der Waals surface area contributed by atoms with Crippen molar-refractivity contribution in [2.24, 2.45) is 0 Å². The fourth-order valence-electron chi connectivity index (χ4n) is 3.05. The smallest absolute Gasteiger partial charge is 0.207 e. The molecule has 1 fully saturated rings. The van der Waals surface area contributed by atoms with Crippen molar-refractivity contribution in [1.29, 1.82) is 0 Å². The zero-order valence-electron chi connectivity index (χ0n) is 13.4. The first-order valence-corrected chi connectivity index (χ1v) is 8.32. The van der Waals surface area contributed by atoms with Crippen LogP contribution in [0.5, 0.6) is 5.75 Å². The predicted octanol–water partition coefficient (Wildman–Crippen LogP) is 4.71. The summed E-state index contributed by atoms with van der Waals surface area (Å²) in [4.78, 5) is 1.82. The Balaban J connectivity index is 2.07. The second kappa shape index (κ2) is 7.19. The van der Waals surface area contributed by atoms with Crippen molar-refractivity contribution in [3.8, 4) is 5.75 Å². The van der Waals surface area contributed by atoms with Crippen LogP contribution >= 0.6 is 12.2 Å². The van der Waals surface area contributed by atoms with E-state index in [2.05, 4.69) is 0 Å². The van der Waals surface area contributed by atoms with Gasteiger partial charge in [0.1, 0.15) is 5.60 Å². The Bertz CT molecular complexity index is 793. The number of halogens is 5. The first-order valence-electron chi connectivity index (χ1n) is 7.85. The first kappa shape index (κ1) is 18.6. The summed E-state index contributed by atoms with van der Waals surface area (Å²) in [7, 11) is 0.